The third-order valence-electron chi connectivity index (χ3n) is 18.2. The summed E-state index contributed by atoms with van der Waals surface area (Å²) in [4.78, 5) is 10.2. The molecule has 0 saturated carbocycles. The second-order valence-corrected chi connectivity index (χ2v) is 30.4. The van der Waals surface area contributed by atoms with Crippen molar-refractivity contribution in [3.63, 3.8) is 0 Å². The third-order valence-corrected chi connectivity index (χ3v) is 19.2. The number of hydrogen-bond donors (Lipinski definition) is 0. The van der Waals surface area contributed by atoms with Crippen LogP contribution in [0.1, 0.15) is 154 Å². The molecule has 0 bridgehead atoms. The van der Waals surface area contributed by atoms with Gasteiger partial charge in [0.1, 0.15) is 0 Å². The second-order valence-electron chi connectivity index (χ2n) is 29.4. The average molecular weight is 1340 g/mol. The van der Waals surface area contributed by atoms with Gasteiger partial charge in [-0.3, -0.25) is 0 Å². The van der Waals surface area contributed by atoms with Crippen LogP contribution in [0.25, 0.3) is 33.5 Å². The van der Waals surface area contributed by atoms with Gasteiger partial charge in [0.05, 0.1) is 11.4 Å². The van der Waals surface area contributed by atoms with Crippen molar-refractivity contribution in [1.29, 1.82) is 0 Å². The predicted molar refractivity (Wildman–Crippen MR) is 364 cm³/mol. The zero-order chi connectivity index (χ0) is 62.0. The number of hydrogen-bond acceptors (Lipinski definition) is 4. The summed E-state index contributed by atoms with van der Waals surface area (Å²) in [5, 5.41) is 0. The molecule has 11 aromatic rings. The van der Waals surface area contributed by atoms with Gasteiger partial charge in [-0.2, -0.15) is 0 Å². The van der Waals surface area contributed by atoms with Crippen molar-refractivity contribution in [3.8, 4) is 34.0 Å². The van der Waals surface area contributed by atoms with Gasteiger partial charge in [0.15, 0.2) is 0 Å². The van der Waals surface area contributed by atoms with E-state index in [9.17, 15) is 0 Å². The first kappa shape index (κ1) is 58.7. The van der Waals surface area contributed by atoms with E-state index < -0.39 is 5.41 Å². The van der Waals surface area contributed by atoms with Crippen molar-refractivity contribution in [1.82, 2.24) is 14.1 Å². The zero-order valence-electron chi connectivity index (χ0n) is 53.7. The van der Waals surface area contributed by atoms with Gasteiger partial charge in [-0.25, -0.2) is 0 Å². The summed E-state index contributed by atoms with van der Waals surface area (Å²) in [6.45, 7) is 34.6. The molecule has 0 radical (unpaired) electrons. The molecule has 446 valence electrons. The monoisotopic (exact) mass is 1330 g/mol. The van der Waals surface area contributed by atoms with Gasteiger partial charge in [-0.1, -0.05) is 123 Å². The number of nitrogens with zero attached hydrogens (tertiary/aromatic N) is 5. The fourth-order valence-electron chi connectivity index (χ4n) is 13.2. The first-order chi connectivity index (χ1) is 41.7. The van der Waals surface area contributed by atoms with Gasteiger partial charge in [0, 0.05) is 11.9 Å². The van der Waals surface area contributed by atoms with Crippen LogP contribution in [-0.2, 0) is 51.8 Å². The number of rotatable bonds is 7. The SMILES string of the molecule is CC(C)(C)c1cc(-n2[c](=[Pt])n(-c3cccc(Oc4ccc5c(c4)N(c4cc(C(C)(C)C)ccn4)c4ccccc4C54c5ccc(C(C)(C)C)cc5N(c5ccccc5)c5cc(C(C)(C)C)ccc54)c3)c3ccc(-c4ccccc4)cc32)cc(C(C)(C)C)c1. The molecule has 2 aromatic heterocycles. The summed E-state index contributed by atoms with van der Waals surface area (Å²) < 4.78 is 13.2. The Bertz CT molecular complexity index is 4490. The van der Waals surface area contributed by atoms with Crippen LogP contribution in [0.4, 0.5) is 34.3 Å². The molecule has 0 unspecified atom stereocenters. The summed E-state index contributed by atoms with van der Waals surface area (Å²) >= 11 is 2.55. The first-order valence-electron chi connectivity index (χ1n) is 31.1. The molecule has 7 heteroatoms. The maximum absolute atomic E-state index is 7.30. The van der Waals surface area contributed by atoms with Crippen molar-refractivity contribution in [2.75, 3.05) is 9.80 Å². The Labute approximate surface area is 532 Å². The Morgan fingerprint density at radius 3 is 1.44 bits per heavy atom. The summed E-state index contributed by atoms with van der Waals surface area (Å²) in [5.74, 6) is 2.30. The van der Waals surface area contributed by atoms with Gasteiger partial charge in [0.2, 0.25) is 0 Å². The maximum atomic E-state index is 7.30. The summed E-state index contributed by atoms with van der Waals surface area (Å²) in [6, 6.07) is 79.2. The predicted octanol–water partition coefficient (Wildman–Crippen LogP) is 21.8. The molecule has 6 nitrogen and oxygen atoms in total. The third kappa shape index (κ3) is 10.1. The van der Waals surface area contributed by atoms with E-state index in [1.807, 2.05) is 6.20 Å². The molecule has 1 spiro atoms. The number of imidazole rings is 1. The van der Waals surface area contributed by atoms with Crippen molar-refractivity contribution in [2.24, 2.45) is 0 Å². The van der Waals surface area contributed by atoms with Gasteiger partial charge < -0.3 is 4.90 Å². The molecular weight excluding hydrogens is 1250 g/mol. The van der Waals surface area contributed by atoms with E-state index in [0.717, 1.165) is 77.5 Å². The van der Waals surface area contributed by atoms with E-state index >= 15 is 0 Å². The quantitative estimate of drug-likeness (QED) is 0.159. The molecule has 88 heavy (non-hydrogen) atoms. The van der Waals surface area contributed by atoms with E-state index in [1.54, 1.807) is 0 Å². The second kappa shape index (κ2) is 21.2. The molecular formula is C81H81N5OPt. The summed E-state index contributed by atoms with van der Waals surface area (Å²) in [5.41, 5.74) is 22.1. The van der Waals surface area contributed by atoms with Crippen LogP contribution in [0.3, 0.4) is 0 Å². The van der Waals surface area contributed by atoms with Crippen LogP contribution in [0.15, 0.2) is 219 Å². The Morgan fingerprint density at radius 2 is 0.841 bits per heavy atom. The summed E-state index contributed by atoms with van der Waals surface area (Å²) in [6.07, 6.45) is 1.97. The van der Waals surface area contributed by atoms with Crippen molar-refractivity contribution >= 4 is 45.3 Å². The van der Waals surface area contributed by atoms with E-state index in [1.165, 1.54) is 55.6 Å². The van der Waals surface area contributed by atoms with E-state index in [0.29, 0.717) is 0 Å². The zero-order valence-corrected chi connectivity index (χ0v) is 56.0. The standard InChI is InChI=1S/C81H81N5O.Pt/c1-76(2,3)55-34-37-66-71(47-55)85(60-27-20-17-21-28-60)72-48-56(77(4,5)6)35-38-67(72)81(66)65-31-22-23-32-69(65)86(75-49-57(41-42-82-75)78(7,8)9)73-51-64(36-39-68(73)81)87-63-30-24-29-61(50-63)83-52-84(62-45-58(79(10,11)12)44-59(46-62)80(13,14)15)74-43-54(33-40-70(74)83)53-25-18-16-19-26-53;/h16-51H,1-15H3;. The Balaban J connectivity index is 1.03. The minimum atomic E-state index is -0.784. The Kier molecular flexibility index (Phi) is 14.1. The minimum absolute atomic E-state index is 0.0622. The van der Waals surface area contributed by atoms with Crippen LogP contribution in [0, 0.1) is 3.80 Å². The average Bonchev–Trinajstić information content (AvgIpc) is 0.792. The van der Waals surface area contributed by atoms with Crippen LogP contribution in [-0.4, -0.2) is 14.1 Å². The normalized spacial score (nSPS) is 14.0. The number of para-hydroxylation sites is 2. The van der Waals surface area contributed by atoms with E-state index in [4.69, 9.17) is 9.72 Å². The molecule has 0 atom stereocenters. The molecule has 0 fully saturated rings. The van der Waals surface area contributed by atoms with Crippen molar-refractivity contribution in [2.45, 2.75) is 136 Å². The summed E-state index contributed by atoms with van der Waals surface area (Å²) in [7, 11) is 0. The number of aromatic nitrogens is 3. The molecule has 2 aliphatic heterocycles. The van der Waals surface area contributed by atoms with E-state index in [-0.39, 0.29) is 27.1 Å². The van der Waals surface area contributed by atoms with Gasteiger partial charge >= 0.3 is 322 Å². The molecule has 13 rings (SSSR count). The molecule has 0 aliphatic carbocycles. The van der Waals surface area contributed by atoms with Crippen molar-refractivity contribution in [3.05, 3.63) is 272 Å². The van der Waals surface area contributed by atoms with Crippen LogP contribution < -0.4 is 14.5 Å². The number of anilines is 6. The molecule has 4 heterocycles. The van der Waals surface area contributed by atoms with Crippen LogP contribution >= 0.6 is 0 Å². The van der Waals surface area contributed by atoms with Gasteiger partial charge in [0.25, 0.3) is 0 Å². The fourth-order valence-corrected chi connectivity index (χ4v) is 14.3. The molecule has 2 aliphatic rings. The Morgan fingerprint density at radius 1 is 0.341 bits per heavy atom. The number of fused-ring (bicyclic) bond motifs is 9. The first-order valence-corrected chi connectivity index (χ1v) is 32.2. The van der Waals surface area contributed by atoms with Crippen molar-refractivity contribution < 1.29 is 24.1 Å². The molecule has 9 aromatic carbocycles. The van der Waals surface area contributed by atoms with E-state index in [2.05, 4.69) is 354 Å². The van der Waals surface area contributed by atoms with Gasteiger partial charge in [-0.05, 0) is 63.3 Å². The molecule has 0 N–H and O–H groups in total. The van der Waals surface area contributed by atoms with Gasteiger partial charge in [-0.15, -0.1) is 0 Å². The van der Waals surface area contributed by atoms with Crippen LogP contribution in [0.5, 0.6) is 11.5 Å². The molecule has 0 saturated heterocycles. The molecule has 0 amide bonds. The number of pyridine rings is 1. The topological polar surface area (TPSA) is 38.5 Å². The number of ether oxygens (including phenoxy) is 1. The fraction of sp³-hybridized carbons (Fsp3) is 0.259. The number of benzene rings is 9. The van der Waals surface area contributed by atoms with Crippen LogP contribution in [0.2, 0.25) is 0 Å². The Hall–Kier alpha value is -8.31.